The third kappa shape index (κ3) is 5.95. The highest BCUT2D eigenvalue weighted by molar-refractivity contribution is 5.87. The molecule has 246 valence electrons. The lowest BCUT2D eigenvalue weighted by atomic mass is 9.80. The Morgan fingerprint density at radius 2 is 1.62 bits per heavy atom. The fourth-order valence-electron chi connectivity index (χ4n) is 5.91. The van der Waals surface area contributed by atoms with Gasteiger partial charge in [0.15, 0.2) is 23.5 Å². The summed E-state index contributed by atoms with van der Waals surface area (Å²) in [6.45, 7) is 1.15. The van der Waals surface area contributed by atoms with E-state index < -0.39 is 41.6 Å². The molecular formula is C35H33N5O8. The van der Waals surface area contributed by atoms with E-state index in [4.69, 9.17) is 30.1 Å². The van der Waals surface area contributed by atoms with Crippen molar-refractivity contribution in [3.8, 4) is 24.0 Å². The van der Waals surface area contributed by atoms with Gasteiger partial charge in [-0.05, 0) is 41.0 Å². The summed E-state index contributed by atoms with van der Waals surface area (Å²) >= 11 is 0. The van der Waals surface area contributed by atoms with Crippen LogP contribution in [0, 0.1) is 12.5 Å². The Bertz CT molecular complexity index is 1940. The molecule has 1 saturated heterocycles. The van der Waals surface area contributed by atoms with E-state index in [1.807, 2.05) is 78.9 Å². The monoisotopic (exact) mass is 651 g/mol. The van der Waals surface area contributed by atoms with Crippen molar-refractivity contribution in [2.75, 3.05) is 26.1 Å². The van der Waals surface area contributed by atoms with Crippen LogP contribution in [0.1, 0.15) is 29.8 Å². The number of fused-ring (bicyclic) bond motifs is 1. The van der Waals surface area contributed by atoms with E-state index in [2.05, 4.69) is 26.4 Å². The molecule has 13 nitrogen and oxygen atoms in total. The molecule has 0 aliphatic carbocycles. The van der Waals surface area contributed by atoms with Gasteiger partial charge in [0.1, 0.15) is 35.4 Å². The highest BCUT2D eigenvalue weighted by Gasteiger charge is 2.49. The van der Waals surface area contributed by atoms with E-state index in [1.54, 1.807) is 14.2 Å². The second-order valence-electron chi connectivity index (χ2n) is 11.0. The number of methoxy groups -OCH3 is 2. The minimum atomic E-state index is -1.28. The van der Waals surface area contributed by atoms with Gasteiger partial charge in [0.25, 0.3) is 5.56 Å². The van der Waals surface area contributed by atoms with Crippen molar-refractivity contribution in [2.24, 2.45) is 0 Å². The summed E-state index contributed by atoms with van der Waals surface area (Å²) in [7, 11) is 3.19. The van der Waals surface area contributed by atoms with E-state index in [9.17, 15) is 14.7 Å². The number of aliphatic hydroxyl groups is 1. The molecule has 1 aliphatic rings. The van der Waals surface area contributed by atoms with Crippen LogP contribution in [-0.4, -0.2) is 69.7 Å². The molecule has 0 spiro atoms. The minimum absolute atomic E-state index is 0.0107. The number of imidazole rings is 1. The second kappa shape index (κ2) is 13.6. The summed E-state index contributed by atoms with van der Waals surface area (Å²) in [4.78, 5) is 35.4. The van der Waals surface area contributed by atoms with Crippen molar-refractivity contribution in [3.63, 3.8) is 0 Å². The van der Waals surface area contributed by atoms with Gasteiger partial charge < -0.3 is 28.8 Å². The molecule has 13 heteroatoms. The summed E-state index contributed by atoms with van der Waals surface area (Å²) in [5.41, 5.74) is 0.694. The summed E-state index contributed by atoms with van der Waals surface area (Å²) < 4.78 is 31.1. The Morgan fingerprint density at radius 3 is 2.19 bits per heavy atom. The fourth-order valence-corrected chi connectivity index (χ4v) is 5.91. The smallest absolute Gasteiger partial charge is 0.280 e. The van der Waals surface area contributed by atoms with E-state index in [0.29, 0.717) is 11.5 Å². The number of carbonyl (C=O) groups excluding carboxylic acids is 1. The number of hydrogen-bond acceptors (Lipinski definition) is 10. The number of carbonyl (C=O) groups is 1. The molecule has 2 aromatic heterocycles. The first-order valence-corrected chi connectivity index (χ1v) is 15.0. The van der Waals surface area contributed by atoms with Crippen LogP contribution >= 0.6 is 0 Å². The van der Waals surface area contributed by atoms with Crippen molar-refractivity contribution in [1.82, 2.24) is 19.5 Å². The topological polar surface area (TPSA) is 159 Å². The maximum atomic E-state index is 12.7. The first-order valence-electron chi connectivity index (χ1n) is 15.0. The first-order chi connectivity index (χ1) is 23.3. The quantitative estimate of drug-likeness (QED) is 0.143. The lowest BCUT2D eigenvalue weighted by Crippen LogP contribution is -2.40. The van der Waals surface area contributed by atoms with Gasteiger partial charge in [0, 0.05) is 6.92 Å². The number of aliphatic hydroxyl groups excluding tert-OH is 1. The predicted molar refractivity (Wildman–Crippen MR) is 174 cm³/mol. The molecule has 4 unspecified atom stereocenters. The first kappa shape index (κ1) is 32.3. The number of hydrogen-bond donors (Lipinski definition) is 3. The zero-order chi connectivity index (χ0) is 33.8. The highest BCUT2D eigenvalue weighted by Crippen LogP contribution is 2.43. The number of nitrogens with zero attached hydrogens (tertiary/aromatic N) is 3. The number of anilines is 1. The number of benzene rings is 3. The predicted octanol–water partition coefficient (Wildman–Crippen LogP) is 3.34. The SMILES string of the molecule is C#COC1C(O)C(COC(c2ccccc2)(c2ccc(OC)cc2)c2ccc(OC)cc2)OC1n1cnc2c(=O)[nH]c(NC(C)=O)nc21. The van der Waals surface area contributed by atoms with E-state index in [1.165, 1.54) is 17.8 Å². The zero-order valence-corrected chi connectivity index (χ0v) is 26.3. The number of ether oxygens (including phenoxy) is 5. The Labute approximate surface area is 275 Å². The van der Waals surface area contributed by atoms with Crippen LogP contribution in [0.3, 0.4) is 0 Å². The maximum Gasteiger partial charge on any atom is 0.280 e. The van der Waals surface area contributed by atoms with Gasteiger partial charge >= 0.3 is 0 Å². The fraction of sp³-hybridized carbons (Fsp3) is 0.257. The normalized spacial score (nSPS) is 19.1. The van der Waals surface area contributed by atoms with Crippen LogP contribution in [0.5, 0.6) is 11.5 Å². The van der Waals surface area contributed by atoms with Crippen molar-refractivity contribution >= 4 is 23.0 Å². The van der Waals surface area contributed by atoms with Gasteiger partial charge in [-0.3, -0.25) is 24.5 Å². The molecule has 48 heavy (non-hydrogen) atoms. The van der Waals surface area contributed by atoms with Crippen molar-refractivity contribution < 1.29 is 33.6 Å². The lowest BCUT2D eigenvalue weighted by molar-refractivity contribution is -0.114. The third-order valence-electron chi connectivity index (χ3n) is 8.16. The van der Waals surface area contributed by atoms with Crippen LogP contribution < -0.4 is 20.3 Å². The van der Waals surface area contributed by atoms with Gasteiger partial charge in [-0.15, -0.1) is 0 Å². The highest BCUT2D eigenvalue weighted by atomic mass is 16.6. The Kier molecular flexibility index (Phi) is 9.13. The summed E-state index contributed by atoms with van der Waals surface area (Å²) in [5, 5.41) is 14.0. The molecule has 0 saturated carbocycles. The van der Waals surface area contributed by atoms with Crippen LogP contribution in [0.25, 0.3) is 11.2 Å². The van der Waals surface area contributed by atoms with Crippen LogP contribution in [0.4, 0.5) is 5.95 Å². The van der Waals surface area contributed by atoms with E-state index in [0.717, 1.165) is 16.7 Å². The number of rotatable bonds is 11. The minimum Gasteiger partial charge on any atom is -0.497 e. The number of amides is 1. The number of H-pyrrole nitrogens is 1. The summed E-state index contributed by atoms with van der Waals surface area (Å²) in [6.07, 6.45) is 4.59. The standard InChI is InChI=1S/C35H33N5O8/c1-5-46-30-29(42)27(48-33(30)40-20-36-28-31(40)38-34(37-21(2)41)39-32(28)43)19-47-35(22-9-7-6-8-10-22,23-11-15-25(44-3)16-12-23)24-13-17-26(45-4)18-14-24/h1,6-18,20,27,29-30,33,42H,19H2,2-4H3,(H2,37,38,39,41,43). The molecular weight excluding hydrogens is 618 g/mol. The molecule has 1 fully saturated rings. The molecule has 1 amide bonds. The molecule has 6 rings (SSSR count). The number of aromatic nitrogens is 4. The third-order valence-corrected chi connectivity index (χ3v) is 8.16. The molecule has 3 heterocycles. The number of aromatic amines is 1. The molecule has 0 bridgehead atoms. The van der Waals surface area contributed by atoms with Gasteiger partial charge in [-0.2, -0.15) is 4.98 Å². The van der Waals surface area contributed by atoms with Crippen molar-refractivity contribution in [1.29, 1.82) is 0 Å². The molecule has 3 aromatic carbocycles. The Hall–Kier alpha value is -5.68. The van der Waals surface area contributed by atoms with Crippen molar-refractivity contribution in [3.05, 3.63) is 112 Å². The second-order valence-corrected chi connectivity index (χ2v) is 11.0. The van der Waals surface area contributed by atoms with Gasteiger partial charge in [-0.1, -0.05) is 61.0 Å². The van der Waals surface area contributed by atoms with E-state index in [-0.39, 0.29) is 23.7 Å². The van der Waals surface area contributed by atoms with E-state index >= 15 is 0 Å². The molecule has 0 radical (unpaired) electrons. The van der Waals surface area contributed by atoms with Crippen molar-refractivity contribution in [2.45, 2.75) is 37.1 Å². The van der Waals surface area contributed by atoms with Crippen LogP contribution in [0.2, 0.25) is 0 Å². The average molecular weight is 652 g/mol. The molecule has 1 aliphatic heterocycles. The number of nitrogens with one attached hydrogen (secondary N) is 2. The maximum absolute atomic E-state index is 12.7. The molecule has 4 atom stereocenters. The summed E-state index contributed by atoms with van der Waals surface area (Å²) in [6, 6.07) is 24.7. The Balaban J connectivity index is 1.41. The number of terminal acetylenes is 1. The van der Waals surface area contributed by atoms with Gasteiger partial charge in [0.2, 0.25) is 11.9 Å². The molecule has 3 N–H and O–H groups in total. The summed E-state index contributed by atoms with van der Waals surface area (Å²) in [5.74, 6) is 0.825. The Morgan fingerprint density at radius 1 is 1.02 bits per heavy atom. The van der Waals surface area contributed by atoms with Crippen LogP contribution in [-0.2, 0) is 24.6 Å². The average Bonchev–Trinajstić information content (AvgIpc) is 3.66. The van der Waals surface area contributed by atoms with Gasteiger partial charge in [0.05, 0.1) is 27.2 Å². The largest absolute Gasteiger partial charge is 0.497 e. The van der Waals surface area contributed by atoms with Crippen LogP contribution in [0.15, 0.2) is 90.0 Å². The zero-order valence-electron chi connectivity index (χ0n) is 26.3. The lowest BCUT2D eigenvalue weighted by Gasteiger charge is -2.37. The van der Waals surface area contributed by atoms with Gasteiger partial charge in [-0.25, -0.2) is 4.98 Å². The molecule has 5 aromatic rings.